The highest BCUT2D eigenvalue weighted by molar-refractivity contribution is 7.99. The molecule has 13 heavy (non-hydrogen) atoms. The Balaban J connectivity index is 2.36. The molecule has 4 nitrogen and oxygen atoms in total. The Bertz CT molecular complexity index is 428. The van der Waals surface area contributed by atoms with Crippen molar-refractivity contribution in [3.63, 3.8) is 0 Å². The maximum Gasteiger partial charge on any atom is 0.0996 e. The Hall–Kier alpha value is -1.49. The Morgan fingerprint density at radius 2 is 1.85 bits per heavy atom. The second-order valence-electron chi connectivity index (χ2n) is 2.70. The van der Waals surface area contributed by atoms with Crippen molar-refractivity contribution in [2.24, 2.45) is 0 Å². The molecule has 2 heterocycles. The molecule has 0 spiro atoms. The summed E-state index contributed by atoms with van der Waals surface area (Å²) in [6.07, 6.45) is 3.37. The fourth-order valence-corrected chi connectivity index (χ4v) is 1.84. The summed E-state index contributed by atoms with van der Waals surface area (Å²) in [4.78, 5) is 8.40. The Labute approximate surface area is 79.0 Å². The van der Waals surface area contributed by atoms with E-state index in [1.54, 1.807) is 12.4 Å². The summed E-state index contributed by atoms with van der Waals surface area (Å²) >= 11 is 1.33. The minimum absolute atomic E-state index is 0.884. The zero-order valence-corrected chi connectivity index (χ0v) is 7.38. The summed E-state index contributed by atoms with van der Waals surface area (Å²) in [5.74, 6) is 0. The van der Waals surface area contributed by atoms with E-state index in [0.29, 0.717) is 0 Å². The van der Waals surface area contributed by atoms with Crippen LogP contribution >= 0.6 is 12.1 Å². The van der Waals surface area contributed by atoms with Crippen LogP contribution in [0.1, 0.15) is 0 Å². The molecule has 0 bridgehead atoms. The second kappa shape index (κ2) is 2.50. The molecule has 0 saturated heterocycles. The summed E-state index contributed by atoms with van der Waals surface area (Å²) in [5.41, 5.74) is 3.73. The van der Waals surface area contributed by atoms with Crippen molar-refractivity contribution in [3.05, 3.63) is 24.5 Å². The van der Waals surface area contributed by atoms with Gasteiger partial charge in [-0.3, -0.25) is 9.97 Å². The molecule has 0 saturated carbocycles. The molecule has 0 atom stereocenters. The largest absolute Gasteiger partial charge is 0.308 e. The quantitative estimate of drug-likeness (QED) is 0.642. The van der Waals surface area contributed by atoms with Crippen LogP contribution in [-0.2, 0) is 0 Å². The van der Waals surface area contributed by atoms with Crippen LogP contribution in [0.2, 0.25) is 0 Å². The fraction of sp³-hybridized carbons (Fsp3) is 0. The highest BCUT2D eigenvalue weighted by Gasteiger charge is 2.13. The molecule has 0 fully saturated rings. The first kappa shape index (κ1) is 6.97. The number of benzene rings is 1. The Kier molecular flexibility index (Phi) is 1.34. The molecule has 2 aromatic rings. The van der Waals surface area contributed by atoms with Crippen LogP contribution in [0.15, 0.2) is 24.5 Å². The predicted octanol–water partition coefficient (Wildman–Crippen LogP) is 1.85. The van der Waals surface area contributed by atoms with Crippen LogP contribution in [-0.4, -0.2) is 9.97 Å². The number of nitrogens with one attached hydrogen (secondary N) is 1. The number of aromatic nitrogens is 2. The zero-order valence-electron chi connectivity index (χ0n) is 6.56. The summed E-state index contributed by atoms with van der Waals surface area (Å²) in [6, 6.07) is 3.89. The molecule has 1 aromatic carbocycles. The van der Waals surface area contributed by atoms with E-state index in [4.69, 9.17) is 0 Å². The van der Waals surface area contributed by atoms with Gasteiger partial charge in [-0.2, -0.15) is 4.72 Å². The molecule has 1 aliphatic heterocycles. The summed E-state index contributed by atoms with van der Waals surface area (Å²) < 4.78 is 7.26. The predicted molar refractivity (Wildman–Crippen MR) is 52.5 cm³/mol. The molecule has 5 heteroatoms. The van der Waals surface area contributed by atoms with E-state index < -0.39 is 0 Å². The van der Waals surface area contributed by atoms with Crippen molar-refractivity contribution >= 4 is 34.5 Å². The Morgan fingerprint density at radius 1 is 1.08 bits per heavy atom. The summed E-state index contributed by atoms with van der Waals surface area (Å²) in [6.45, 7) is 0. The standard InChI is InChI=1S/C8H5N4S/c1-2-10-6-4-8-7(11-13-12-8)3-5(6)9-1/h1-4,11H. The lowest BCUT2D eigenvalue weighted by Gasteiger charge is -1.98. The monoisotopic (exact) mass is 189 g/mol. The van der Waals surface area contributed by atoms with Gasteiger partial charge >= 0.3 is 0 Å². The van der Waals surface area contributed by atoms with Gasteiger partial charge in [0.25, 0.3) is 0 Å². The summed E-state index contributed by atoms with van der Waals surface area (Å²) in [7, 11) is 0. The van der Waals surface area contributed by atoms with Crippen molar-refractivity contribution in [1.29, 1.82) is 0 Å². The zero-order chi connectivity index (χ0) is 8.67. The lowest BCUT2D eigenvalue weighted by Crippen LogP contribution is -1.84. The van der Waals surface area contributed by atoms with E-state index in [0.717, 1.165) is 22.4 Å². The van der Waals surface area contributed by atoms with Crippen molar-refractivity contribution in [3.8, 4) is 0 Å². The number of fused-ring (bicyclic) bond motifs is 2. The first-order chi connectivity index (χ1) is 6.43. The SMILES string of the molecule is c1cnc2cc3c(cc2n1)[N]SN3. The van der Waals surface area contributed by atoms with Crippen LogP contribution in [0, 0.1) is 0 Å². The molecule has 1 N–H and O–H groups in total. The highest BCUT2D eigenvalue weighted by Crippen LogP contribution is 2.35. The number of nitrogens with zero attached hydrogens (tertiary/aromatic N) is 3. The third-order valence-electron chi connectivity index (χ3n) is 1.89. The van der Waals surface area contributed by atoms with Gasteiger partial charge in [0.1, 0.15) is 0 Å². The normalized spacial score (nSPS) is 13.5. The van der Waals surface area contributed by atoms with Crippen LogP contribution in [0.3, 0.4) is 0 Å². The van der Waals surface area contributed by atoms with Gasteiger partial charge in [-0.25, -0.2) is 0 Å². The van der Waals surface area contributed by atoms with Crippen LogP contribution in [0.4, 0.5) is 11.4 Å². The van der Waals surface area contributed by atoms with Gasteiger partial charge < -0.3 is 4.72 Å². The van der Waals surface area contributed by atoms with Crippen molar-refractivity contribution in [2.45, 2.75) is 0 Å². The first-order valence-electron chi connectivity index (χ1n) is 3.81. The maximum atomic E-state index is 4.21. The Morgan fingerprint density at radius 3 is 2.69 bits per heavy atom. The van der Waals surface area contributed by atoms with Gasteiger partial charge in [0.15, 0.2) is 0 Å². The number of hydrogen-bond donors (Lipinski definition) is 1. The van der Waals surface area contributed by atoms with Crippen LogP contribution < -0.4 is 9.44 Å². The summed E-state index contributed by atoms with van der Waals surface area (Å²) in [5, 5.41) is 0. The molecular weight excluding hydrogens is 184 g/mol. The molecule has 3 rings (SSSR count). The average molecular weight is 189 g/mol. The van der Waals surface area contributed by atoms with Gasteiger partial charge in [-0.1, -0.05) is 0 Å². The molecule has 0 amide bonds. The van der Waals surface area contributed by atoms with Crippen LogP contribution in [0.25, 0.3) is 11.0 Å². The molecule has 0 unspecified atom stereocenters. The van der Waals surface area contributed by atoms with Gasteiger partial charge in [0.2, 0.25) is 0 Å². The lowest BCUT2D eigenvalue weighted by molar-refractivity contribution is 1.29. The third kappa shape index (κ3) is 1.01. The van der Waals surface area contributed by atoms with E-state index in [9.17, 15) is 0 Å². The second-order valence-corrected chi connectivity index (χ2v) is 3.27. The molecule has 1 radical (unpaired) electrons. The van der Waals surface area contributed by atoms with E-state index in [2.05, 4.69) is 19.4 Å². The lowest BCUT2D eigenvalue weighted by atomic mass is 10.2. The van der Waals surface area contributed by atoms with Crippen molar-refractivity contribution < 1.29 is 0 Å². The number of rotatable bonds is 0. The molecule has 1 aliphatic rings. The minimum Gasteiger partial charge on any atom is -0.308 e. The van der Waals surface area contributed by atoms with E-state index in [1.807, 2.05) is 12.1 Å². The smallest absolute Gasteiger partial charge is 0.0996 e. The van der Waals surface area contributed by atoms with E-state index in [-0.39, 0.29) is 0 Å². The van der Waals surface area contributed by atoms with Gasteiger partial charge in [-0.15, -0.1) is 0 Å². The number of hydrogen-bond acceptors (Lipinski definition) is 4. The van der Waals surface area contributed by atoms with Gasteiger partial charge in [-0.05, 0) is 12.1 Å². The van der Waals surface area contributed by atoms with Crippen LogP contribution in [0.5, 0.6) is 0 Å². The van der Waals surface area contributed by atoms with E-state index >= 15 is 0 Å². The van der Waals surface area contributed by atoms with Crippen molar-refractivity contribution in [1.82, 2.24) is 14.7 Å². The first-order valence-corrected chi connectivity index (χ1v) is 4.59. The molecule has 0 aliphatic carbocycles. The maximum absolute atomic E-state index is 4.21. The topological polar surface area (TPSA) is 51.9 Å². The molecule has 1 aromatic heterocycles. The fourth-order valence-electron chi connectivity index (χ4n) is 1.28. The molecule has 63 valence electrons. The third-order valence-corrected chi connectivity index (χ3v) is 2.49. The van der Waals surface area contributed by atoms with Gasteiger partial charge in [0, 0.05) is 12.4 Å². The number of anilines is 1. The van der Waals surface area contributed by atoms with E-state index in [1.165, 1.54) is 12.1 Å². The highest BCUT2D eigenvalue weighted by atomic mass is 32.2. The minimum atomic E-state index is 0.884. The molecular formula is C8H5N4S. The van der Waals surface area contributed by atoms with Crippen molar-refractivity contribution in [2.75, 3.05) is 4.72 Å². The average Bonchev–Trinajstić information content (AvgIpc) is 2.61. The van der Waals surface area contributed by atoms with Gasteiger partial charge in [0.05, 0.1) is 34.5 Å².